The van der Waals surface area contributed by atoms with E-state index in [-0.39, 0.29) is 0 Å². The Morgan fingerprint density at radius 3 is 2.26 bits per heavy atom. The predicted octanol–water partition coefficient (Wildman–Crippen LogP) is 3.26. The standard InChI is InChI=1S/C12H18Br2N2O2S/c1-4-15-7-9(3)19(17,18)16-12-10(13)5-8(2)6-11(12)14/h5-6,9,15-16H,4,7H2,1-3H3. The summed E-state index contributed by atoms with van der Waals surface area (Å²) in [4.78, 5) is 0. The van der Waals surface area contributed by atoms with Gasteiger partial charge in [0.1, 0.15) is 0 Å². The number of anilines is 1. The summed E-state index contributed by atoms with van der Waals surface area (Å²) in [5, 5.41) is 2.53. The number of aryl methyl sites for hydroxylation is 1. The van der Waals surface area contributed by atoms with Gasteiger partial charge in [0.05, 0.1) is 10.9 Å². The summed E-state index contributed by atoms with van der Waals surface area (Å²) in [5.41, 5.74) is 1.58. The summed E-state index contributed by atoms with van der Waals surface area (Å²) >= 11 is 6.76. The van der Waals surface area contributed by atoms with Crippen molar-refractivity contribution >= 4 is 47.6 Å². The van der Waals surface area contributed by atoms with Crippen molar-refractivity contribution in [3.63, 3.8) is 0 Å². The maximum absolute atomic E-state index is 12.2. The highest BCUT2D eigenvalue weighted by molar-refractivity contribution is 9.11. The van der Waals surface area contributed by atoms with Crippen LogP contribution < -0.4 is 10.0 Å². The molecule has 0 fully saturated rings. The second-order valence-corrected chi connectivity index (χ2v) is 8.18. The van der Waals surface area contributed by atoms with Crippen LogP contribution in [0.3, 0.4) is 0 Å². The first-order chi connectivity index (χ1) is 8.77. The van der Waals surface area contributed by atoms with Gasteiger partial charge >= 0.3 is 0 Å². The number of halogens is 2. The van der Waals surface area contributed by atoms with Crippen LogP contribution in [0.5, 0.6) is 0 Å². The minimum absolute atomic E-state index is 0.424. The second-order valence-electron chi connectivity index (χ2n) is 4.37. The van der Waals surface area contributed by atoms with Crippen LogP contribution in [-0.2, 0) is 10.0 Å². The van der Waals surface area contributed by atoms with Gasteiger partial charge in [0, 0.05) is 15.5 Å². The molecular weight excluding hydrogens is 396 g/mol. The zero-order chi connectivity index (χ0) is 14.6. The molecule has 1 unspecified atom stereocenters. The van der Waals surface area contributed by atoms with Gasteiger partial charge in [-0.05, 0) is 69.9 Å². The SMILES string of the molecule is CCNCC(C)S(=O)(=O)Nc1c(Br)cc(C)cc1Br. The van der Waals surface area contributed by atoms with E-state index in [0.717, 1.165) is 21.1 Å². The number of sulfonamides is 1. The maximum Gasteiger partial charge on any atom is 0.236 e. The zero-order valence-electron chi connectivity index (χ0n) is 11.1. The predicted molar refractivity (Wildman–Crippen MR) is 87.1 cm³/mol. The van der Waals surface area contributed by atoms with E-state index in [4.69, 9.17) is 0 Å². The average Bonchev–Trinajstić information content (AvgIpc) is 2.30. The van der Waals surface area contributed by atoms with E-state index in [2.05, 4.69) is 41.9 Å². The summed E-state index contributed by atoms with van der Waals surface area (Å²) in [5.74, 6) is 0. The van der Waals surface area contributed by atoms with E-state index in [9.17, 15) is 8.42 Å². The molecule has 7 heteroatoms. The van der Waals surface area contributed by atoms with Gasteiger partial charge < -0.3 is 5.32 Å². The largest absolute Gasteiger partial charge is 0.316 e. The van der Waals surface area contributed by atoms with E-state index in [1.807, 2.05) is 26.0 Å². The molecule has 0 aliphatic rings. The van der Waals surface area contributed by atoms with E-state index in [1.54, 1.807) is 6.92 Å². The molecule has 2 N–H and O–H groups in total. The molecule has 1 atom stereocenters. The highest BCUT2D eigenvalue weighted by Gasteiger charge is 2.22. The fraction of sp³-hybridized carbons (Fsp3) is 0.500. The van der Waals surface area contributed by atoms with Gasteiger partial charge in [-0.3, -0.25) is 4.72 Å². The molecule has 0 aliphatic heterocycles. The molecule has 0 bridgehead atoms. The highest BCUT2D eigenvalue weighted by Crippen LogP contribution is 2.33. The molecule has 19 heavy (non-hydrogen) atoms. The van der Waals surface area contributed by atoms with Crippen LogP contribution in [-0.4, -0.2) is 26.8 Å². The Morgan fingerprint density at radius 2 is 1.79 bits per heavy atom. The molecule has 0 radical (unpaired) electrons. The molecular formula is C12H18Br2N2O2S. The van der Waals surface area contributed by atoms with Crippen LogP contribution in [0.2, 0.25) is 0 Å². The van der Waals surface area contributed by atoms with Gasteiger partial charge in [0.15, 0.2) is 0 Å². The van der Waals surface area contributed by atoms with E-state index in [0.29, 0.717) is 12.2 Å². The molecule has 0 aliphatic carbocycles. The van der Waals surface area contributed by atoms with Crippen molar-refractivity contribution in [2.75, 3.05) is 17.8 Å². The first kappa shape index (κ1) is 16.9. The fourth-order valence-electron chi connectivity index (χ4n) is 1.50. The lowest BCUT2D eigenvalue weighted by Crippen LogP contribution is -2.34. The van der Waals surface area contributed by atoms with E-state index >= 15 is 0 Å². The lowest BCUT2D eigenvalue weighted by Gasteiger charge is -2.17. The molecule has 108 valence electrons. The van der Waals surface area contributed by atoms with E-state index in [1.165, 1.54) is 0 Å². The molecule has 4 nitrogen and oxygen atoms in total. The summed E-state index contributed by atoms with van der Waals surface area (Å²) < 4.78 is 28.5. The minimum Gasteiger partial charge on any atom is -0.316 e. The van der Waals surface area contributed by atoms with Crippen molar-refractivity contribution in [2.24, 2.45) is 0 Å². The average molecular weight is 414 g/mol. The Labute approximate surface area is 131 Å². The van der Waals surface area contributed by atoms with Gasteiger partial charge in [-0.1, -0.05) is 6.92 Å². The van der Waals surface area contributed by atoms with Gasteiger partial charge in [-0.2, -0.15) is 0 Å². The van der Waals surface area contributed by atoms with Crippen molar-refractivity contribution in [3.05, 3.63) is 26.6 Å². The Kier molecular flexibility index (Phi) is 6.29. The summed E-state index contributed by atoms with van der Waals surface area (Å²) in [6.07, 6.45) is 0. The maximum atomic E-state index is 12.2. The van der Waals surface area contributed by atoms with E-state index < -0.39 is 15.3 Å². The lowest BCUT2D eigenvalue weighted by atomic mass is 10.2. The third-order valence-electron chi connectivity index (χ3n) is 2.64. The smallest absolute Gasteiger partial charge is 0.236 e. The molecule has 0 saturated carbocycles. The van der Waals surface area contributed by atoms with Crippen LogP contribution in [0.25, 0.3) is 0 Å². The Hall–Kier alpha value is -0.110. The number of nitrogens with one attached hydrogen (secondary N) is 2. The normalized spacial score (nSPS) is 13.3. The summed E-state index contributed by atoms with van der Waals surface area (Å²) in [6, 6.07) is 3.75. The van der Waals surface area contributed by atoms with Crippen LogP contribution in [0, 0.1) is 6.92 Å². The van der Waals surface area contributed by atoms with Crippen LogP contribution in [0.15, 0.2) is 21.1 Å². The van der Waals surface area contributed by atoms with Crippen LogP contribution >= 0.6 is 31.9 Å². The number of rotatable bonds is 6. The van der Waals surface area contributed by atoms with Gasteiger partial charge in [-0.15, -0.1) is 0 Å². The molecule has 0 heterocycles. The van der Waals surface area contributed by atoms with Gasteiger partial charge in [0.25, 0.3) is 0 Å². The van der Waals surface area contributed by atoms with Crippen molar-refractivity contribution in [3.8, 4) is 0 Å². The topological polar surface area (TPSA) is 58.2 Å². The quantitative estimate of drug-likeness (QED) is 0.752. The zero-order valence-corrected chi connectivity index (χ0v) is 15.1. The Morgan fingerprint density at radius 1 is 1.26 bits per heavy atom. The molecule has 0 spiro atoms. The van der Waals surface area contributed by atoms with Gasteiger partial charge in [0.2, 0.25) is 10.0 Å². The number of benzene rings is 1. The summed E-state index contributed by atoms with van der Waals surface area (Å²) in [6.45, 7) is 6.74. The number of hydrogen-bond donors (Lipinski definition) is 2. The van der Waals surface area contributed by atoms with Crippen LogP contribution in [0.1, 0.15) is 19.4 Å². The van der Waals surface area contributed by atoms with Crippen molar-refractivity contribution in [1.29, 1.82) is 0 Å². The third-order valence-corrected chi connectivity index (χ3v) is 5.61. The summed E-state index contributed by atoms with van der Waals surface area (Å²) in [7, 11) is -3.42. The molecule has 1 rings (SSSR count). The monoisotopic (exact) mass is 412 g/mol. The molecule has 1 aromatic rings. The highest BCUT2D eigenvalue weighted by atomic mass is 79.9. The molecule has 1 aromatic carbocycles. The van der Waals surface area contributed by atoms with Crippen LogP contribution in [0.4, 0.5) is 5.69 Å². The molecule has 0 saturated heterocycles. The second kappa shape index (κ2) is 7.06. The first-order valence-corrected chi connectivity index (χ1v) is 9.09. The van der Waals surface area contributed by atoms with Crippen molar-refractivity contribution < 1.29 is 8.42 Å². The minimum atomic E-state index is -3.42. The lowest BCUT2D eigenvalue weighted by molar-refractivity contribution is 0.579. The Balaban J connectivity index is 2.96. The van der Waals surface area contributed by atoms with Gasteiger partial charge in [-0.25, -0.2) is 8.42 Å². The third kappa shape index (κ3) is 4.73. The Bertz CT molecular complexity index is 524. The first-order valence-electron chi connectivity index (χ1n) is 5.96. The molecule has 0 amide bonds. The van der Waals surface area contributed by atoms with Crippen molar-refractivity contribution in [1.82, 2.24) is 5.32 Å². The fourth-order valence-corrected chi connectivity index (χ4v) is 4.42. The number of hydrogen-bond acceptors (Lipinski definition) is 3. The molecule has 0 aromatic heterocycles. The van der Waals surface area contributed by atoms with Crippen molar-refractivity contribution in [2.45, 2.75) is 26.0 Å².